The van der Waals surface area contributed by atoms with Gasteiger partial charge in [-0.25, -0.2) is 0 Å². The zero-order valence-electron chi connectivity index (χ0n) is 19.7. The highest BCUT2D eigenvalue weighted by atomic mass is 35.5. The molecule has 3 amide bonds. The van der Waals surface area contributed by atoms with Crippen LogP contribution in [0.25, 0.3) is 0 Å². The normalized spacial score (nSPS) is 14.8. The molecule has 1 atom stereocenters. The maximum absolute atomic E-state index is 12.9. The highest BCUT2D eigenvalue weighted by molar-refractivity contribution is 6.35. The highest BCUT2D eigenvalue weighted by Crippen LogP contribution is 2.37. The molecule has 3 rings (SSSR count). The van der Waals surface area contributed by atoms with Crippen molar-refractivity contribution < 1.29 is 14.4 Å². The summed E-state index contributed by atoms with van der Waals surface area (Å²) in [5.74, 6) is -0.881. The average Bonchev–Trinajstić information content (AvgIpc) is 3.02. The minimum absolute atomic E-state index is 0. The molecule has 0 aromatic heterocycles. The molecular formula is C25H32Cl2N4O3. The number of hydrogen-bond donors (Lipinski definition) is 4. The molecule has 0 saturated heterocycles. The molecule has 184 valence electrons. The first-order valence-electron chi connectivity index (χ1n) is 11.4. The molecule has 4 N–H and O–H groups in total. The predicted molar refractivity (Wildman–Crippen MR) is 138 cm³/mol. The molecule has 0 bridgehead atoms. The Morgan fingerprint density at radius 2 is 1.53 bits per heavy atom. The van der Waals surface area contributed by atoms with Crippen molar-refractivity contribution in [2.24, 2.45) is 0 Å². The van der Waals surface area contributed by atoms with Crippen molar-refractivity contribution in [3.05, 3.63) is 68.7 Å². The quantitative estimate of drug-likeness (QED) is 0.462. The Morgan fingerprint density at radius 1 is 0.941 bits per heavy atom. The summed E-state index contributed by atoms with van der Waals surface area (Å²) in [5, 5.41) is 12.1. The Bertz CT molecular complexity index is 1040. The molecule has 0 aliphatic carbocycles. The summed E-state index contributed by atoms with van der Waals surface area (Å²) < 4.78 is 0. The molecule has 1 aliphatic heterocycles. The molecule has 1 heterocycles. The van der Waals surface area contributed by atoms with E-state index in [1.54, 1.807) is 12.1 Å². The van der Waals surface area contributed by atoms with Crippen molar-refractivity contribution in [1.82, 2.24) is 21.3 Å². The van der Waals surface area contributed by atoms with Gasteiger partial charge in [0.25, 0.3) is 17.7 Å². The molecule has 7 nitrogen and oxygen atoms in total. The van der Waals surface area contributed by atoms with Gasteiger partial charge in [-0.05, 0) is 68.6 Å². The smallest absolute Gasteiger partial charge is 0.253 e. The van der Waals surface area contributed by atoms with Gasteiger partial charge in [-0.15, -0.1) is 12.4 Å². The molecule has 9 heteroatoms. The highest BCUT2D eigenvalue weighted by Gasteiger charge is 2.29. The molecule has 2 aromatic rings. The summed E-state index contributed by atoms with van der Waals surface area (Å²) in [5.41, 5.74) is 3.88. The Morgan fingerprint density at radius 3 is 2.15 bits per heavy atom. The molecule has 1 aliphatic rings. The SMILES string of the molecule is CCNC(=O)c1ccc(C2CNCCc3c2cc(C(=O)NCC)c(C(=O)NCC)c3Cl)cc1.Cl. The Labute approximate surface area is 211 Å². The summed E-state index contributed by atoms with van der Waals surface area (Å²) in [7, 11) is 0. The van der Waals surface area contributed by atoms with E-state index in [0.29, 0.717) is 49.7 Å². The first kappa shape index (κ1) is 27.6. The number of hydrogen-bond acceptors (Lipinski definition) is 4. The second-order valence-electron chi connectivity index (χ2n) is 7.89. The van der Waals surface area contributed by atoms with Crippen LogP contribution in [0.1, 0.15) is 74.5 Å². The van der Waals surface area contributed by atoms with Crippen LogP contribution >= 0.6 is 24.0 Å². The van der Waals surface area contributed by atoms with E-state index in [9.17, 15) is 14.4 Å². The maximum Gasteiger partial charge on any atom is 0.253 e. The van der Waals surface area contributed by atoms with Gasteiger partial charge in [0.2, 0.25) is 0 Å². The minimum Gasteiger partial charge on any atom is -0.352 e. The fourth-order valence-corrected chi connectivity index (χ4v) is 4.57. The van der Waals surface area contributed by atoms with Crippen LogP contribution in [0, 0.1) is 0 Å². The van der Waals surface area contributed by atoms with Gasteiger partial charge in [0, 0.05) is 37.7 Å². The third kappa shape index (κ3) is 5.90. The zero-order valence-corrected chi connectivity index (χ0v) is 21.3. The summed E-state index contributed by atoms with van der Waals surface area (Å²) in [6, 6.07) is 9.29. The third-order valence-electron chi connectivity index (χ3n) is 5.74. The first-order valence-corrected chi connectivity index (χ1v) is 11.8. The largest absolute Gasteiger partial charge is 0.352 e. The minimum atomic E-state index is -0.355. The van der Waals surface area contributed by atoms with Gasteiger partial charge in [0.1, 0.15) is 0 Å². The molecule has 1 unspecified atom stereocenters. The molecule has 0 radical (unpaired) electrons. The van der Waals surface area contributed by atoms with Crippen LogP contribution in [0.15, 0.2) is 30.3 Å². The van der Waals surface area contributed by atoms with E-state index in [-0.39, 0.29) is 47.2 Å². The monoisotopic (exact) mass is 506 g/mol. The van der Waals surface area contributed by atoms with Crippen LogP contribution < -0.4 is 21.3 Å². The summed E-state index contributed by atoms with van der Waals surface area (Å²) in [6.45, 7) is 8.33. The van der Waals surface area contributed by atoms with Gasteiger partial charge in [-0.2, -0.15) is 0 Å². The van der Waals surface area contributed by atoms with E-state index >= 15 is 0 Å². The molecule has 2 aromatic carbocycles. The fourth-order valence-electron chi connectivity index (χ4n) is 4.18. The molecular weight excluding hydrogens is 475 g/mol. The number of carbonyl (C=O) groups is 3. The van der Waals surface area contributed by atoms with E-state index in [4.69, 9.17) is 11.6 Å². The number of carbonyl (C=O) groups excluding carboxylic acids is 3. The van der Waals surface area contributed by atoms with Crippen LogP contribution in [0.5, 0.6) is 0 Å². The topological polar surface area (TPSA) is 99.3 Å². The average molecular weight is 507 g/mol. The summed E-state index contributed by atoms with van der Waals surface area (Å²) >= 11 is 6.81. The number of rotatable bonds is 7. The summed E-state index contributed by atoms with van der Waals surface area (Å²) in [4.78, 5) is 37.9. The molecule has 0 spiro atoms. The van der Waals surface area contributed by atoms with Gasteiger partial charge in [0.15, 0.2) is 0 Å². The number of halogens is 2. The van der Waals surface area contributed by atoms with Crippen LogP contribution in [-0.2, 0) is 6.42 Å². The lowest BCUT2D eigenvalue weighted by molar-refractivity contribution is 0.0921. The van der Waals surface area contributed by atoms with Crippen LogP contribution in [0.3, 0.4) is 0 Å². The molecule has 0 saturated carbocycles. The number of benzene rings is 2. The van der Waals surface area contributed by atoms with E-state index in [1.165, 1.54) is 0 Å². The van der Waals surface area contributed by atoms with Crippen molar-refractivity contribution in [3.8, 4) is 0 Å². The standard InChI is InChI=1S/C25H31ClN4O3.ClH/c1-4-28-23(31)16-9-7-15(8-10-16)20-14-27-12-11-17-18(20)13-19(24(32)29-5-2)21(22(17)26)25(33)30-6-3;/h7-10,13,20,27H,4-6,11-12,14H2,1-3H3,(H,28,31)(H,29,32)(H,30,33);1H. The van der Waals surface area contributed by atoms with Crippen molar-refractivity contribution in [1.29, 1.82) is 0 Å². The number of fused-ring (bicyclic) bond motifs is 1. The molecule has 0 fully saturated rings. The molecule has 34 heavy (non-hydrogen) atoms. The van der Waals surface area contributed by atoms with Gasteiger partial charge in [-0.3, -0.25) is 14.4 Å². The number of nitrogens with one attached hydrogen (secondary N) is 4. The van der Waals surface area contributed by atoms with Gasteiger partial charge < -0.3 is 21.3 Å². The van der Waals surface area contributed by atoms with Crippen molar-refractivity contribution >= 4 is 41.7 Å². The van der Waals surface area contributed by atoms with Gasteiger partial charge in [-0.1, -0.05) is 23.7 Å². The first-order chi connectivity index (χ1) is 15.9. The van der Waals surface area contributed by atoms with E-state index in [2.05, 4.69) is 21.3 Å². The third-order valence-corrected chi connectivity index (χ3v) is 6.15. The van der Waals surface area contributed by atoms with Crippen molar-refractivity contribution in [2.75, 3.05) is 32.7 Å². The van der Waals surface area contributed by atoms with Crippen molar-refractivity contribution in [3.63, 3.8) is 0 Å². The number of amides is 3. The lowest BCUT2D eigenvalue weighted by Gasteiger charge is -2.22. The van der Waals surface area contributed by atoms with E-state index < -0.39 is 0 Å². The van der Waals surface area contributed by atoms with E-state index in [0.717, 1.165) is 16.7 Å². The Kier molecular flexibility index (Phi) is 10.4. The van der Waals surface area contributed by atoms with Crippen LogP contribution in [-0.4, -0.2) is 50.4 Å². The van der Waals surface area contributed by atoms with Crippen LogP contribution in [0.2, 0.25) is 5.02 Å². The predicted octanol–water partition coefficient (Wildman–Crippen LogP) is 3.29. The van der Waals surface area contributed by atoms with Crippen LogP contribution in [0.4, 0.5) is 0 Å². The second kappa shape index (κ2) is 12.7. The van der Waals surface area contributed by atoms with Crippen molar-refractivity contribution in [2.45, 2.75) is 33.1 Å². The maximum atomic E-state index is 12.9. The lowest BCUT2D eigenvalue weighted by Crippen LogP contribution is -2.30. The van der Waals surface area contributed by atoms with Gasteiger partial charge >= 0.3 is 0 Å². The lowest BCUT2D eigenvalue weighted by atomic mass is 9.84. The fraction of sp³-hybridized carbons (Fsp3) is 0.400. The Balaban J connectivity index is 0.00000408. The summed E-state index contributed by atoms with van der Waals surface area (Å²) in [6.07, 6.45) is 0.643. The zero-order chi connectivity index (χ0) is 24.0. The second-order valence-corrected chi connectivity index (χ2v) is 8.27. The Hall–Kier alpha value is -2.61. The van der Waals surface area contributed by atoms with E-state index in [1.807, 2.05) is 39.0 Å². The van der Waals surface area contributed by atoms with Gasteiger partial charge in [0.05, 0.1) is 16.1 Å².